The van der Waals surface area contributed by atoms with E-state index >= 15 is 0 Å². The zero-order valence-electron chi connectivity index (χ0n) is 8.73. The molecule has 0 saturated heterocycles. The Hall–Kier alpha value is -0.0500. The van der Waals surface area contributed by atoms with Crippen molar-refractivity contribution in [2.75, 3.05) is 0 Å². The number of alkyl halides is 1. The van der Waals surface area contributed by atoms with Gasteiger partial charge in [-0.15, -0.1) is 0 Å². The van der Waals surface area contributed by atoms with Gasteiger partial charge in [0.1, 0.15) is 0 Å². The molecule has 1 saturated carbocycles. The summed E-state index contributed by atoms with van der Waals surface area (Å²) in [5.41, 5.74) is -0.153. The lowest BCUT2D eigenvalue weighted by atomic mass is 10.0. The highest BCUT2D eigenvalue weighted by Crippen LogP contribution is 2.38. The number of rotatable bonds is 3. The van der Waals surface area contributed by atoms with Crippen LogP contribution in [-0.2, 0) is 4.79 Å². The second-order valence-corrected chi connectivity index (χ2v) is 6.02. The van der Waals surface area contributed by atoms with Gasteiger partial charge in [0, 0.05) is 16.3 Å². The molecular formula is C10H18BrNO. The maximum Gasteiger partial charge on any atom is 0.223 e. The lowest BCUT2D eigenvalue weighted by Gasteiger charge is -2.29. The molecule has 3 atom stereocenters. The standard InChI is InChI=1S/C10H18BrNO/c1-6-5-8(6)9(13)12-10(3,4)7(2)11/h6-8H,5H2,1-4H3,(H,12,13). The lowest BCUT2D eigenvalue weighted by Crippen LogP contribution is -2.49. The van der Waals surface area contributed by atoms with Gasteiger partial charge in [-0.3, -0.25) is 4.79 Å². The van der Waals surface area contributed by atoms with Crippen molar-refractivity contribution in [2.45, 2.75) is 44.5 Å². The summed E-state index contributed by atoms with van der Waals surface area (Å²) in [7, 11) is 0. The minimum atomic E-state index is -0.153. The predicted octanol–water partition coefficient (Wildman–Crippen LogP) is 2.32. The van der Waals surface area contributed by atoms with E-state index in [-0.39, 0.29) is 22.2 Å². The lowest BCUT2D eigenvalue weighted by molar-refractivity contribution is -0.124. The molecule has 0 aromatic rings. The minimum Gasteiger partial charge on any atom is -0.350 e. The van der Waals surface area contributed by atoms with E-state index in [1.165, 1.54) is 0 Å². The zero-order chi connectivity index (χ0) is 10.2. The molecule has 0 radical (unpaired) electrons. The van der Waals surface area contributed by atoms with E-state index in [1.54, 1.807) is 0 Å². The van der Waals surface area contributed by atoms with E-state index < -0.39 is 0 Å². The molecule has 1 aliphatic carbocycles. The molecule has 1 N–H and O–H groups in total. The normalized spacial score (nSPS) is 29.6. The summed E-state index contributed by atoms with van der Waals surface area (Å²) in [6, 6.07) is 0. The second kappa shape index (κ2) is 3.60. The Labute approximate surface area is 88.6 Å². The fraction of sp³-hybridized carbons (Fsp3) is 0.900. The van der Waals surface area contributed by atoms with Crippen molar-refractivity contribution in [2.24, 2.45) is 11.8 Å². The number of carbonyl (C=O) groups excluding carboxylic acids is 1. The van der Waals surface area contributed by atoms with Gasteiger partial charge in [0.25, 0.3) is 0 Å². The molecule has 76 valence electrons. The first-order valence-corrected chi connectivity index (χ1v) is 5.72. The van der Waals surface area contributed by atoms with E-state index in [1.807, 2.05) is 13.8 Å². The average Bonchev–Trinajstić information content (AvgIpc) is 2.65. The van der Waals surface area contributed by atoms with Crippen molar-refractivity contribution < 1.29 is 4.79 Å². The van der Waals surface area contributed by atoms with Crippen LogP contribution in [0.15, 0.2) is 0 Å². The Bertz CT molecular complexity index is 213. The SMILES string of the molecule is CC1CC1C(=O)NC(C)(C)C(C)Br. The molecule has 3 heteroatoms. The predicted molar refractivity (Wildman–Crippen MR) is 57.9 cm³/mol. The number of amides is 1. The van der Waals surface area contributed by atoms with Crippen molar-refractivity contribution in [1.82, 2.24) is 5.32 Å². The number of carbonyl (C=O) groups is 1. The summed E-state index contributed by atoms with van der Waals surface area (Å²) in [5, 5.41) is 3.06. The van der Waals surface area contributed by atoms with Gasteiger partial charge in [-0.05, 0) is 26.2 Å². The molecule has 1 aliphatic rings. The molecular weight excluding hydrogens is 230 g/mol. The summed E-state index contributed by atoms with van der Waals surface area (Å²) in [6.07, 6.45) is 1.05. The fourth-order valence-corrected chi connectivity index (χ4v) is 1.31. The number of hydrogen-bond donors (Lipinski definition) is 1. The largest absolute Gasteiger partial charge is 0.350 e. The number of nitrogens with one attached hydrogen (secondary N) is 1. The summed E-state index contributed by atoms with van der Waals surface area (Å²) in [6.45, 7) is 8.25. The first kappa shape index (κ1) is 11.0. The summed E-state index contributed by atoms with van der Waals surface area (Å²) in [4.78, 5) is 11.9. The zero-order valence-corrected chi connectivity index (χ0v) is 10.3. The van der Waals surface area contributed by atoms with E-state index in [4.69, 9.17) is 0 Å². The van der Waals surface area contributed by atoms with Crippen LogP contribution < -0.4 is 5.32 Å². The third kappa shape index (κ3) is 2.70. The Morgan fingerprint density at radius 1 is 1.62 bits per heavy atom. The maximum atomic E-state index is 11.6. The fourth-order valence-electron chi connectivity index (χ4n) is 1.20. The molecule has 1 amide bonds. The smallest absolute Gasteiger partial charge is 0.223 e. The Morgan fingerprint density at radius 3 is 2.38 bits per heavy atom. The van der Waals surface area contributed by atoms with Gasteiger partial charge in [-0.2, -0.15) is 0 Å². The molecule has 13 heavy (non-hydrogen) atoms. The van der Waals surface area contributed by atoms with E-state index in [0.717, 1.165) is 6.42 Å². The Balaban J connectivity index is 2.44. The summed E-state index contributed by atoms with van der Waals surface area (Å²) in [5.74, 6) is 1.07. The van der Waals surface area contributed by atoms with Gasteiger partial charge in [0.05, 0.1) is 0 Å². The molecule has 2 nitrogen and oxygen atoms in total. The van der Waals surface area contributed by atoms with Crippen LogP contribution >= 0.6 is 15.9 Å². The molecule has 1 fully saturated rings. The molecule has 0 bridgehead atoms. The summed E-state index contributed by atoms with van der Waals surface area (Å²) >= 11 is 3.49. The van der Waals surface area contributed by atoms with E-state index in [2.05, 4.69) is 35.1 Å². The highest BCUT2D eigenvalue weighted by Gasteiger charge is 2.41. The van der Waals surface area contributed by atoms with Gasteiger partial charge < -0.3 is 5.32 Å². The molecule has 0 heterocycles. The van der Waals surface area contributed by atoms with Gasteiger partial charge in [-0.25, -0.2) is 0 Å². The van der Waals surface area contributed by atoms with Gasteiger partial charge in [0.2, 0.25) is 5.91 Å². The highest BCUT2D eigenvalue weighted by atomic mass is 79.9. The van der Waals surface area contributed by atoms with E-state index in [0.29, 0.717) is 5.92 Å². The topological polar surface area (TPSA) is 29.1 Å². The van der Waals surface area contributed by atoms with E-state index in [9.17, 15) is 4.79 Å². The Kier molecular flexibility index (Phi) is 3.05. The van der Waals surface area contributed by atoms with Crippen molar-refractivity contribution in [3.63, 3.8) is 0 Å². The van der Waals surface area contributed by atoms with Gasteiger partial charge in [-0.1, -0.05) is 29.8 Å². The first-order valence-electron chi connectivity index (χ1n) is 4.80. The first-order chi connectivity index (χ1) is 5.84. The van der Waals surface area contributed by atoms with Crippen molar-refractivity contribution >= 4 is 21.8 Å². The number of hydrogen-bond acceptors (Lipinski definition) is 1. The van der Waals surface area contributed by atoms with Crippen LogP contribution in [0.3, 0.4) is 0 Å². The molecule has 1 rings (SSSR count). The molecule has 0 spiro atoms. The third-order valence-corrected chi connectivity index (χ3v) is 4.03. The monoisotopic (exact) mass is 247 g/mol. The van der Waals surface area contributed by atoms with Crippen LogP contribution in [0.5, 0.6) is 0 Å². The van der Waals surface area contributed by atoms with Crippen LogP contribution in [0, 0.1) is 11.8 Å². The van der Waals surface area contributed by atoms with Crippen LogP contribution in [0.4, 0.5) is 0 Å². The Morgan fingerprint density at radius 2 is 2.08 bits per heavy atom. The van der Waals surface area contributed by atoms with Crippen molar-refractivity contribution in [3.8, 4) is 0 Å². The molecule has 0 aromatic heterocycles. The van der Waals surface area contributed by atoms with Crippen molar-refractivity contribution in [1.29, 1.82) is 0 Å². The molecule has 3 unspecified atom stereocenters. The van der Waals surface area contributed by atoms with Crippen LogP contribution in [0.1, 0.15) is 34.1 Å². The number of halogens is 1. The third-order valence-electron chi connectivity index (χ3n) is 2.89. The molecule has 0 aromatic carbocycles. The van der Waals surface area contributed by atoms with Crippen molar-refractivity contribution in [3.05, 3.63) is 0 Å². The second-order valence-electron chi connectivity index (χ2n) is 4.65. The highest BCUT2D eigenvalue weighted by molar-refractivity contribution is 9.09. The maximum absolute atomic E-state index is 11.6. The average molecular weight is 248 g/mol. The van der Waals surface area contributed by atoms with Crippen LogP contribution in [0.2, 0.25) is 0 Å². The molecule has 0 aliphatic heterocycles. The van der Waals surface area contributed by atoms with Crippen LogP contribution in [-0.4, -0.2) is 16.3 Å². The van der Waals surface area contributed by atoms with Gasteiger partial charge >= 0.3 is 0 Å². The van der Waals surface area contributed by atoms with Gasteiger partial charge in [0.15, 0.2) is 0 Å². The quantitative estimate of drug-likeness (QED) is 0.763. The van der Waals surface area contributed by atoms with Crippen LogP contribution in [0.25, 0.3) is 0 Å². The minimum absolute atomic E-state index is 0.153. The summed E-state index contributed by atoms with van der Waals surface area (Å²) < 4.78 is 0.